The van der Waals surface area contributed by atoms with Crippen molar-refractivity contribution in [3.05, 3.63) is 16.1 Å². The molecule has 1 atom stereocenters. The summed E-state index contributed by atoms with van der Waals surface area (Å²) in [6.07, 6.45) is 2.04. The maximum absolute atomic E-state index is 5.99. The molecule has 0 saturated heterocycles. The van der Waals surface area contributed by atoms with Crippen molar-refractivity contribution in [2.45, 2.75) is 45.8 Å². The van der Waals surface area contributed by atoms with E-state index in [2.05, 4.69) is 10.4 Å². The largest absolute Gasteiger partial charge is 0.379 e. The van der Waals surface area contributed by atoms with Crippen molar-refractivity contribution >= 4 is 11.3 Å². The number of aryl methyl sites for hydroxylation is 1. The highest BCUT2D eigenvalue weighted by Crippen LogP contribution is 2.10. The maximum atomic E-state index is 5.99. The Labute approximate surface area is 95.7 Å². The molecule has 0 bridgehead atoms. The Balaban J connectivity index is 2.21. The van der Waals surface area contributed by atoms with Gasteiger partial charge in [0.2, 0.25) is 0 Å². The highest BCUT2D eigenvalue weighted by Gasteiger charge is 2.07. The minimum Gasteiger partial charge on any atom is -0.379 e. The number of aromatic nitrogens is 1. The predicted octanol–water partition coefficient (Wildman–Crippen LogP) is 2.14. The summed E-state index contributed by atoms with van der Waals surface area (Å²) in [6, 6.07) is 0.158. The van der Waals surface area contributed by atoms with Crippen LogP contribution in [0.2, 0.25) is 0 Å². The van der Waals surface area contributed by atoms with E-state index in [0.717, 1.165) is 30.2 Å². The third-order valence-electron chi connectivity index (χ3n) is 2.08. The Morgan fingerprint density at radius 2 is 2.27 bits per heavy atom. The van der Waals surface area contributed by atoms with Crippen molar-refractivity contribution in [1.29, 1.82) is 0 Å². The summed E-state index contributed by atoms with van der Waals surface area (Å²) in [5.74, 6) is 0. The van der Waals surface area contributed by atoms with Crippen LogP contribution in [0.4, 0.5) is 0 Å². The third kappa shape index (κ3) is 5.25. The SMILES string of the molecule is Cc1nc(CC(N)CCOC(C)C)cs1. The van der Waals surface area contributed by atoms with E-state index >= 15 is 0 Å². The van der Waals surface area contributed by atoms with E-state index < -0.39 is 0 Å². The molecule has 0 saturated carbocycles. The molecular formula is C11H20N2OS. The molecule has 0 aromatic carbocycles. The summed E-state index contributed by atoms with van der Waals surface area (Å²) in [5, 5.41) is 3.19. The van der Waals surface area contributed by atoms with E-state index in [1.807, 2.05) is 20.8 Å². The minimum atomic E-state index is 0.158. The molecule has 1 aromatic heterocycles. The van der Waals surface area contributed by atoms with Crippen LogP contribution in [0.3, 0.4) is 0 Å². The quantitative estimate of drug-likeness (QED) is 0.811. The molecule has 1 aromatic rings. The first-order valence-corrected chi connectivity index (χ1v) is 6.24. The van der Waals surface area contributed by atoms with Crippen molar-refractivity contribution in [2.24, 2.45) is 5.73 Å². The van der Waals surface area contributed by atoms with Crippen LogP contribution < -0.4 is 5.73 Å². The lowest BCUT2D eigenvalue weighted by Gasteiger charge is -2.12. The number of rotatable bonds is 6. The zero-order valence-electron chi connectivity index (χ0n) is 9.69. The van der Waals surface area contributed by atoms with Crippen molar-refractivity contribution in [3.63, 3.8) is 0 Å². The van der Waals surface area contributed by atoms with E-state index in [4.69, 9.17) is 10.5 Å². The summed E-state index contributed by atoms with van der Waals surface area (Å²) in [6.45, 7) is 6.83. The van der Waals surface area contributed by atoms with E-state index in [1.165, 1.54) is 0 Å². The molecule has 1 rings (SSSR count). The maximum Gasteiger partial charge on any atom is 0.0897 e. The van der Waals surface area contributed by atoms with Crippen molar-refractivity contribution in [1.82, 2.24) is 4.98 Å². The summed E-state index contributed by atoms with van der Waals surface area (Å²) in [7, 11) is 0. The van der Waals surface area contributed by atoms with Gasteiger partial charge in [-0.3, -0.25) is 0 Å². The number of nitrogens with two attached hydrogens (primary N) is 1. The first kappa shape index (κ1) is 12.6. The molecule has 0 aliphatic rings. The Morgan fingerprint density at radius 3 is 2.80 bits per heavy atom. The summed E-state index contributed by atoms with van der Waals surface area (Å²) in [4.78, 5) is 4.39. The van der Waals surface area contributed by atoms with Gasteiger partial charge in [-0.15, -0.1) is 11.3 Å². The Bertz CT molecular complexity index is 286. The van der Waals surface area contributed by atoms with Gasteiger partial charge in [0.15, 0.2) is 0 Å². The minimum absolute atomic E-state index is 0.158. The summed E-state index contributed by atoms with van der Waals surface area (Å²) >= 11 is 1.68. The number of ether oxygens (including phenoxy) is 1. The number of hydrogen-bond donors (Lipinski definition) is 1. The first-order chi connectivity index (χ1) is 7.08. The van der Waals surface area contributed by atoms with Crippen LogP contribution >= 0.6 is 11.3 Å². The monoisotopic (exact) mass is 228 g/mol. The zero-order valence-corrected chi connectivity index (χ0v) is 10.5. The average molecular weight is 228 g/mol. The van der Waals surface area contributed by atoms with Gasteiger partial charge in [0.1, 0.15) is 0 Å². The molecule has 0 aliphatic heterocycles. The number of hydrogen-bond acceptors (Lipinski definition) is 4. The van der Waals surface area contributed by atoms with Crippen LogP contribution in [0.1, 0.15) is 31.0 Å². The van der Waals surface area contributed by atoms with Crippen molar-refractivity contribution in [3.8, 4) is 0 Å². The third-order valence-corrected chi connectivity index (χ3v) is 2.90. The highest BCUT2D eigenvalue weighted by atomic mass is 32.1. The predicted molar refractivity (Wildman–Crippen MR) is 64.2 cm³/mol. The molecule has 1 heterocycles. The van der Waals surface area contributed by atoms with Gasteiger partial charge in [-0.1, -0.05) is 0 Å². The van der Waals surface area contributed by atoms with Crippen LogP contribution in [-0.4, -0.2) is 23.7 Å². The molecule has 3 nitrogen and oxygen atoms in total. The van der Waals surface area contributed by atoms with E-state index in [0.29, 0.717) is 6.10 Å². The van der Waals surface area contributed by atoms with E-state index in [1.54, 1.807) is 11.3 Å². The molecule has 0 amide bonds. The fourth-order valence-electron chi connectivity index (χ4n) is 1.33. The molecule has 0 aliphatic carbocycles. The van der Waals surface area contributed by atoms with E-state index in [-0.39, 0.29) is 6.04 Å². The number of thiazole rings is 1. The Kier molecular flexibility index (Phi) is 5.22. The average Bonchev–Trinajstić information content (AvgIpc) is 2.50. The number of nitrogens with zero attached hydrogens (tertiary/aromatic N) is 1. The van der Waals surface area contributed by atoms with Crippen LogP contribution in [0.5, 0.6) is 0 Å². The molecular weight excluding hydrogens is 208 g/mol. The molecule has 0 radical (unpaired) electrons. The summed E-state index contributed by atoms with van der Waals surface area (Å²) < 4.78 is 5.46. The standard InChI is InChI=1S/C11H20N2OS/c1-8(2)14-5-4-10(12)6-11-7-15-9(3)13-11/h7-8,10H,4-6,12H2,1-3H3. The summed E-state index contributed by atoms with van der Waals surface area (Å²) in [5.41, 5.74) is 7.09. The van der Waals surface area contributed by atoms with E-state index in [9.17, 15) is 0 Å². The zero-order chi connectivity index (χ0) is 11.3. The Hall–Kier alpha value is -0.450. The van der Waals surface area contributed by atoms with Gasteiger partial charge in [-0.2, -0.15) is 0 Å². The van der Waals surface area contributed by atoms with Gasteiger partial charge < -0.3 is 10.5 Å². The van der Waals surface area contributed by atoms with Gasteiger partial charge >= 0.3 is 0 Å². The van der Waals surface area contributed by atoms with Crippen LogP contribution in [-0.2, 0) is 11.2 Å². The topological polar surface area (TPSA) is 48.1 Å². The molecule has 0 fully saturated rings. The normalized spacial score (nSPS) is 13.4. The van der Waals surface area contributed by atoms with Crippen LogP contribution in [0.15, 0.2) is 5.38 Å². The second kappa shape index (κ2) is 6.20. The molecule has 2 N–H and O–H groups in total. The van der Waals surface area contributed by atoms with Crippen LogP contribution in [0, 0.1) is 6.92 Å². The van der Waals surface area contributed by atoms with Gasteiger partial charge in [0.25, 0.3) is 0 Å². The first-order valence-electron chi connectivity index (χ1n) is 5.36. The lowest BCUT2D eigenvalue weighted by molar-refractivity contribution is 0.0736. The van der Waals surface area contributed by atoms with Crippen molar-refractivity contribution < 1.29 is 4.74 Å². The lowest BCUT2D eigenvalue weighted by atomic mass is 10.1. The Morgan fingerprint density at radius 1 is 1.53 bits per heavy atom. The second-order valence-corrected chi connectivity index (χ2v) is 5.09. The highest BCUT2D eigenvalue weighted by molar-refractivity contribution is 7.09. The van der Waals surface area contributed by atoms with Gasteiger partial charge in [0.05, 0.1) is 16.8 Å². The van der Waals surface area contributed by atoms with Gasteiger partial charge in [0, 0.05) is 24.4 Å². The van der Waals surface area contributed by atoms with Gasteiger partial charge in [-0.05, 0) is 27.2 Å². The van der Waals surface area contributed by atoms with Crippen LogP contribution in [0.25, 0.3) is 0 Å². The smallest absolute Gasteiger partial charge is 0.0897 e. The molecule has 86 valence electrons. The fourth-order valence-corrected chi connectivity index (χ4v) is 1.95. The molecule has 1 unspecified atom stereocenters. The molecule has 4 heteroatoms. The lowest BCUT2D eigenvalue weighted by Crippen LogP contribution is -2.25. The van der Waals surface area contributed by atoms with Gasteiger partial charge in [-0.25, -0.2) is 4.98 Å². The molecule has 0 spiro atoms. The van der Waals surface area contributed by atoms with Crippen molar-refractivity contribution in [2.75, 3.05) is 6.61 Å². The fraction of sp³-hybridized carbons (Fsp3) is 0.727. The molecule has 15 heavy (non-hydrogen) atoms. The second-order valence-electron chi connectivity index (χ2n) is 4.03.